The fraction of sp³-hybridized carbons (Fsp3) is 0.357. The smallest absolute Gasteiger partial charge is 0.256 e. The van der Waals surface area contributed by atoms with Gasteiger partial charge in [0.1, 0.15) is 11.5 Å². The summed E-state index contributed by atoms with van der Waals surface area (Å²) in [5.41, 5.74) is 24.9. The maximum atomic E-state index is 8.17. The standard InChI is InChI=1S/C84H88BN3O/c1-79(2,3)57-24-21-54(22-25-57)56-39-74-77-76(40-56)89-78-68(85(77)67-38-55(53-19-17-16-18-20-53)23-30-73(67)88(74)84-47-50-35-51(48-84)37-52(36-50)49-84)45-62(86-69-31-26-58(80(4,5)6)41-63(69)64-42-59(81(7,8)9)27-32-70(64)86)46-75(78)87-71-33-28-60(82(10,11)12)43-65(71)66-44-61(83(13,14)15)29-34-72(66)87/h16-34,38-46,50-52H,35-37,47-49H2,1-15H3. The van der Waals surface area contributed by atoms with Crippen molar-refractivity contribution in [2.45, 2.75) is 175 Å². The highest BCUT2D eigenvalue weighted by atomic mass is 16.5. The van der Waals surface area contributed by atoms with Gasteiger partial charge < -0.3 is 18.8 Å². The van der Waals surface area contributed by atoms with Crippen LogP contribution in [-0.4, -0.2) is 21.4 Å². The minimum atomic E-state index is -0.162. The summed E-state index contributed by atoms with van der Waals surface area (Å²) in [5, 5.41) is 5.10. The maximum Gasteiger partial charge on any atom is 0.256 e. The molecule has 89 heavy (non-hydrogen) atoms. The molecule has 11 aromatic rings. The van der Waals surface area contributed by atoms with Crippen LogP contribution in [0.3, 0.4) is 0 Å². The monoisotopic (exact) mass is 1170 g/mol. The van der Waals surface area contributed by atoms with Crippen molar-refractivity contribution < 1.29 is 4.74 Å². The molecule has 6 aliphatic rings. The lowest BCUT2D eigenvalue weighted by Gasteiger charge is -2.62. The van der Waals surface area contributed by atoms with E-state index >= 15 is 0 Å². The lowest BCUT2D eigenvalue weighted by molar-refractivity contribution is 0.000631. The van der Waals surface area contributed by atoms with Crippen molar-refractivity contribution in [2.75, 3.05) is 4.90 Å². The third kappa shape index (κ3) is 8.95. The van der Waals surface area contributed by atoms with E-state index in [4.69, 9.17) is 4.74 Å². The Hall–Kier alpha value is -7.76. The van der Waals surface area contributed by atoms with Gasteiger partial charge in [0.25, 0.3) is 6.71 Å². The number of nitrogens with zero attached hydrogens (tertiary/aromatic N) is 3. The second-order valence-electron chi connectivity index (χ2n) is 33.4. The first kappa shape index (κ1) is 56.5. The first-order valence-electron chi connectivity index (χ1n) is 33.5. The molecule has 4 heterocycles. The zero-order chi connectivity index (χ0) is 61.8. The Kier molecular flexibility index (Phi) is 12.1. The lowest BCUT2D eigenvalue weighted by Crippen LogP contribution is -2.66. The molecule has 0 N–H and O–H groups in total. The van der Waals surface area contributed by atoms with E-state index in [1.54, 1.807) is 0 Å². The predicted octanol–water partition coefficient (Wildman–Crippen LogP) is 20.7. The van der Waals surface area contributed by atoms with Crippen LogP contribution in [0.25, 0.3) is 77.2 Å². The van der Waals surface area contributed by atoms with Gasteiger partial charge in [-0.15, -0.1) is 0 Å². The van der Waals surface area contributed by atoms with Gasteiger partial charge in [-0.25, -0.2) is 0 Å². The maximum absolute atomic E-state index is 8.17. The van der Waals surface area contributed by atoms with E-state index in [2.05, 4.69) is 288 Å². The zero-order valence-electron chi connectivity index (χ0n) is 55.5. The first-order valence-corrected chi connectivity index (χ1v) is 33.5. The quantitative estimate of drug-likeness (QED) is 0.160. The number of hydrogen-bond donors (Lipinski definition) is 0. The van der Waals surface area contributed by atoms with Gasteiger partial charge in [-0.1, -0.05) is 195 Å². The summed E-state index contributed by atoms with van der Waals surface area (Å²) < 4.78 is 13.4. The molecule has 0 radical (unpaired) electrons. The summed E-state index contributed by atoms with van der Waals surface area (Å²) in [5.74, 6) is 4.15. The lowest BCUT2D eigenvalue weighted by atomic mass is 9.33. The third-order valence-corrected chi connectivity index (χ3v) is 22.0. The molecule has 0 atom stereocenters. The van der Waals surface area contributed by atoms with Gasteiger partial charge in [0, 0.05) is 44.1 Å². The van der Waals surface area contributed by atoms with E-state index in [1.807, 2.05) is 0 Å². The molecule has 0 saturated heterocycles. The molecular formula is C84H88BN3O. The van der Waals surface area contributed by atoms with Crippen molar-refractivity contribution in [1.82, 2.24) is 9.13 Å². The Morgan fingerprint density at radius 1 is 0.371 bits per heavy atom. The van der Waals surface area contributed by atoms with Gasteiger partial charge in [0.2, 0.25) is 0 Å². The van der Waals surface area contributed by atoms with E-state index < -0.39 is 0 Å². The molecule has 4 nitrogen and oxygen atoms in total. The molecule has 0 amide bonds. The molecule has 4 saturated carbocycles. The summed E-state index contributed by atoms with van der Waals surface area (Å²) in [6.45, 7) is 34.9. The summed E-state index contributed by atoms with van der Waals surface area (Å²) in [7, 11) is 0. The molecule has 4 fully saturated rings. The number of rotatable bonds is 5. The summed E-state index contributed by atoms with van der Waals surface area (Å²) in [4.78, 5) is 2.95. The van der Waals surface area contributed by atoms with Gasteiger partial charge in [-0.3, -0.25) is 0 Å². The summed E-state index contributed by atoms with van der Waals surface area (Å²) >= 11 is 0. The fourth-order valence-electron chi connectivity index (χ4n) is 17.6. The molecule has 5 heteroatoms. The van der Waals surface area contributed by atoms with Crippen LogP contribution in [-0.2, 0) is 27.1 Å². The highest BCUT2D eigenvalue weighted by molar-refractivity contribution is 6.99. The second kappa shape index (κ2) is 19.1. The Morgan fingerprint density at radius 2 is 0.809 bits per heavy atom. The summed E-state index contributed by atoms with van der Waals surface area (Å²) in [6, 6.07) is 67.4. The van der Waals surface area contributed by atoms with Gasteiger partial charge in [-0.05, 0) is 229 Å². The number of fused-ring (bicyclic) bond motifs is 10. The van der Waals surface area contributed by atoms with Gasteiger partial charge in [-0.2, -0.15) is 0 Å². The summed E-state index contributed by atoms with van der Waals surface area (Å²) in [6.07, 6.45) is 7.84. The van der Waals surface area contributed by atoms with E-state index in [-0.39, 0.29) is 39.3 Å². The fourth-order valence-corrected chi connectivity index (χ4v) is 17.6. The normalized spacial score (nSPS) is 19.8. The molecule has 4 aliphatic carbocycles. The van der Waals surface area contributed by atoms with Crippen molar-refractivity contribution in [2.24, 2.45) is 17.8 Å². The first-order chi connectivity index (χ1) is 42.2. The molecule has 2 aliphatic heterocycles. The average molecular weight is 1170 g/mol. The van der Waals surface area contributed by atoms with Crippen molar-refractivity contribution in [1.29, 1.82) is 0 Å². The van der Waals surface area contributed by atoms with Crippen LogP contribution < -0.4 is 26.0 Å². The van der Waals surface area contributed by atoms with Crippen LogP contribution in [0.15, 0.2) is 170 Å². The van der Waals surface area contributed by atoms with Crippen molar-refractivity contribution in [3.63, 3.8) is 0 Å². The molecule has 9 aromatic carbocycles. The Balaban J connectivity index is 1.05. The van der Waals surface area contributed by atoms with Gasteiger partial charge >= 0.3 is 0 Å². The number of ether oxygens (including phenoxy) is 1. The molecular weight excluding hydrogens is 1080 g/mol. The Labute approximate surface area is 529 Å². The Bertz CT molecular complexity index is 4570. The van der Waals surface area contributed by atoms with Crippen molar-refractivity contribution in [3.05, 3.63) is 198 Å². The zero-order valence-corrected chi connectivity index (χ0v) is 55.5. The van der Waals surface area contributed by atoms with Gasteiger partial charge in [0.05, 0.1) is 27.8 Å². The topological polar surface area (TPSA) is 22.3 Å². The molecule has 2 aromatic heterocycles. The van der Waals surface area contributed by atoms with E-state index in [0.29, 0.717) is 0 Å². The number of hydrogen-bond acceptors (Lipinski definition) is 2. The predicted molar refractivity (Wildman–Crippen MR) is 380 cm³/mol. The van der Waals surface area contributed by atoms with Gasteiger partial charge in [0.15, 0.2) is 0 Å². The molecule has 0 unspecified atom stereocenters. The van der Waals surface area contributed by atoms with E-state index in [0.717, 1.165) is 40.6 Å². The van der Waals surface area contributed by atoms with Crippen LogP contribution in [0.1, 0.15) is 170 Å². The SMILES string of the molecule is CC(C)(C)c1ccc(-c2cc3c4c(c2)N(C25CC6CC(CC(C6)C2)C5)c2ccc(-c5ccccc5)cc2B4c2cc(-n4c5ccc(C(C)(C)C)cc5c5cc(C(C)(C)C)ccc54)cc(-n4c5ccc(C(C)(C)C)cc5c5cc(C(C)(C)C)ccc54)c2O3)cc1. The van der Waals surface area contributed by atoms with Crippen LogP contribution in [0.5, 0.6) is 11.5 Å². The van der Waals surface area contributed by atoms with Crippen molar-refractivity contribution >= 4 is 78.1 Å². The highest BCUT2D eigenvalue weighted by Crippen LogP contribution is 2.61. The van der Waals surface area contributed by atoms with Crippen LogP contribution in [0.4, 0.5) is 11.4 Å². The van der Waals surface area contributed by atoms with Crippen LogP contribution in [0.2, 0.25) is 0 Å². The molecule has 4 bridgehead atoms. The minimum Gasteiger partial charge on any atom is -0.456 e. The molecule has 0 spiro atoms. The van der Waals surface area contributed by atoms with Crippen LogP contribution in [0, 0.1) is 17.8 Å². The third-order valence-electron chi connectivity index (χ3n) is 22.0. The number of aromatic nitrogens is 2. The molecule has 448 valence electrons. The molecule has 17 rings (SSSR count). The van der Waals surface area contributed by atoms with Crippen molar-refractivity contribution in [3.8, 4) is 45.1 Å². The second-order valence-corrected chi connectivity index (χ2v) is 33.4. The van der Waals surface area contributed by atoms with Crippen LogP contribution >= 0.6 is 0 Å². The van der Waals surface area contributed by atoms with E-state index in [1.165, 1.54) is 160 Å². The minimum absolute atomic E-state index is 0.0000799. The average Bonchev–Trinajstić information content (AvgIpc) is 0.947. The largest absolute Gasteiger partial charge is 0.456 e. The highest BCUT2D eigenvalue weighted by Gasteiger charge is 2.57. The number of benzene rings is 9. The Morgan fingerprint density at radius 3 is 1.28 bits per heavy atom. The van der Waals surface area contributed by atoms with E-state index in [9.17, 15) is 0 Å². The number of anilines is 2.